The van der Waals surface area contributed by atoms with Crippen LogP contribution in [0.15, 0.2) is 18.2 Å². The van der Waals surface area contributed by atoms with E-state index in [2.05, 4.69) is 10.6 Å². The van der Waals surface area contributed by atoms with Gasteiger partial charge in [0.2, 0.25) is 5.91 Å². The van der Waals surface area contributed by atoms with Gasteiger partial charge in [-0.25, -0.2) is 0 Å². The minimum absolute atomic E-state index is 0.161. The van der Waals surface area contributed by atoms with Crippen LogP contribution in [0, 0.1) is 31.6 Å². The lowest BCUT2D eigenvalue weighted by atomic mass is 10.2. The zero-order chi connectivity index (χ0) is 16.0. The van der Waals surface area contributed by atoms with Crippen molar-refractivity contribution in [2.75, 3.05) is 11.9 Å². The summed E-state index contributed by atoms with van der Waals surface area (Å²) in [4.78, 5) is 31.3. The van der Waals surface area contributed by atoms with Gasteiger partial charge in [-0.05, 0) is 13.0 Å². The van der Waals surface area contributed by atoms with Crippen LogP contribution in [0.25, 0.3) is 0 Å². The standard InChI is InChI=1S/C11H11N5O5/c1-7(11(17)13-5-4-12)14-8-2-3-9(15(18)19)10(6-8)16(20)21/h2-3,6-7,14H,5H2,1H3,(H,13,17). The van der Waals surface area contributed by atoms with Crippen molar-refractivity contribution in [2.24, 2.45) is 0 Å². The number of nitro benzene ring substituents is 2. The highest BCUT2D eigenvalue weighted by molar-refractivity contribution is 5.84. The molecule has 0 aliphatic rings. The summed E-state index contributed by atoms with van der Waals surface area (Å²) in [5.74, 6) is -0.474. The first kappa shape index (κ1) is 15.8. The Morgan fingerprint density at radius 1 is 1.33 bits per heavy atom. The van der Waals surface area contributed by atoms with Gasteiger partial charge in [0, 0.05) is 17.8 Å². The molecule has 21 heavy (non-hydrogen) atoms. The molecule has 1 atom stereocenters. The minimum Gasteiger partial charge on any atom is -0.374 e. The van der Waals surface area contributed by atoms with Crippen LogP contribution in [0.2, 0.25) is 0 Å². The molecule has 10 heteroatoms. The lowest BCUT2D eigenvalue weighted by Gasteiger charge is -2.13. The molecule has 1 aromatic rings. The van der Waals surface area contributed by atoms with Crippen LogP contribution in [0.1, 0.15) is 6.92 Å². The molecule has 0 radical (unpaired) electrons. The summed E-state index contributed by atoms with van der Waals surface area (Å²) in [6.07, 6.45) is 0. The van der Waals surface area contributed by atoms with Gasteiger partial charge < -0.3 is 10.6 Å². The van der Waals surface area contributed by atoms with Gasteiger partial charge in [-0.2, -0.15) is 5.26 Å². The third-order valence-electron chi connectivity index (χ3n) is 2.49. The Kier molecular flexibility index (Phi) is 5.13. The second kappa shape index (κ2) is 6.80. The van der Waals surface area contributed by atoms with Crippen LogP contribution < -0.4 is 10.6 Å². The zero-order valence-electron chi connectivity index (χ0n) is 10.9. The fraction of sp³-hybridized carbons (Fsp3) is 0.273. The molecule has 0 saturated heterocycles. The van der Waals surface area contributed by atoms with E-state index in [-0.39, 0.29) is 12.2 Å². The van der Waals surface area contributed by atoms with Crippen LogP contribution in [0.4, 0.5) is 17.1 Å². The topological polar surface area (TPSA) is 151 Å². The number of anilines is 1. The molecule has 0 aliphatic carbocycles. The summed E-state index contributed by atoms with van der Waals surface area (Å²) < 4.78 is 0. The predicted octanol–water partition coefficient (Wildman–Crippen LogP) is 0.943. The molecule has 1 aromatic carbocycles. The van der Waals surface area contributed by atoms with E-state index in [1.165, 1.54) is 13.0 Å². The van der Waals surface area contributed by atoms with Gasteiger partial charge in [-0.1, -0.05) is 0 Å². The lowest BCUT2D eigenvalue weighted by Crippen LogP contribution is -2.37. The highest BCUT2D eigenvalue weighted by Crippen LogP contribution is 2.29. The van der Waals surface area contributed by atoms with Crippen molar-refractivity contribution in [2.45, 2.75) is 13.0 Å². The van der Waals surface area contributed by atoms with E-state index in [1.54, 1.807) is 6.07 Å². The van der Waals surface area contributed by atoms with Gasteiger partial charge >= 0.3 is 11.4 Å². The first-order chi connectivity index (χ1) is 9.86. The number of nitro groups is 2. The summed E-state index contributed by atoms with van der Waals surface area (Å²) in [6.45, 7) is 1.32. The number of nitriles is 1. The third-order valence-corrected chi connectivity index (χ3v) is 2.49. The number of carbonyl (C=O) groups is 1. The average molecular weight is 293 g/mol. The second-order valence-corrected chi connectivity index (χ2v) is 3.96. The Bertz CT molecular complexity index is 624. The molecular weight excluding hydrogens is 282 g/mol. The van der Waals surface area contributed by atoms with Crippen molar-refractivity contribution in [3.05, 3.63) is 38.4 Å². The Balaban J connectivity index is 2.93. The molecule has 2 N–H and O–H groups in total. The van der Waals surface area contributed by atoms with E-state index in [4.69, 9.17) is 5.26 Å². The number of rotatable bonds is 6. The first-order valence-electron chi connectivity index (χ1n) is 5.71. The molecule has 110 valence electrons. The van der Waals surface area contributed by atoms with Crippen LogP contribution in [-0.2, 0) is 4.79 Å². The molecule has 10 nitrogen and oxygen atoms in total. The number of nitrogens with one attached hydrogen (secondary N) is 2. The minimum atomic E-state index is -0.871. The number of benzene rings is 1. The normalized spacial score (nSPS) is 11.0. The maximum absolute atomic E-state index is 11.5. The van der Waals surface area contributed by atoms with Crippen molar-refractivity contribution in [3.8, 4) is 6.07 Å². The molecular formula is C11H11N5O5. The average Bonchev–Trinajstić information content (AvgIpc) is 2.44. The zero-order valence-corrected chi connectivity index (χ0v) is 10.9. The number of hydrogen-bond acceptors (Lipinski definition) is 7. The maximum Gasteiger partial charge on any atom is 0.348 e. The van der Waals surface area contributed by atoms with E-state index in [0.29, 0.717) is 0 Å². The molecule has 0 bridgehead atoms. The van der Waals surface area contributed by atoms with E-state index in [0.717, 1.165) is 12.1 Å². The molecule has 1 amide bonds. The number of hydrogen-bond donors (Lipinski definition) is 2. The van der Waals surface area contributed by atoms with Gasteiger partial charge in [0.15, 0.2) is 0 Å². The largest absolute Gasteiger partial charge is 0.374 e. The fourth-order valence-corrected chi connectivity index (χ4v) is 1.51. The summed E-state index contributed by atoms with van der Waals surface area (Å²) in [5.41, 5.74) is -1.12. The molecule has 0 aromatic heterocycles. The molecule has 1 rings (SSSR count). The SMILES string of the molecule is CC(Nc1ccc([N+](=O)[O-])c([N+](=O)[O-])c1)C(=O)NCC#N. The Morgan fingerprint density at radius 3 is 2.48 bits per heavy atom. The molecule has 0 aliphatic heterocycles. The van der Waals surface area contributed by atoms with Crippen molar-refractivity contribution >= 4 is 23.0 Å². The van der Waals surface area contributed by atoms with Crippen molar-refractivity contribution in [1.82, 2.24) is 5.32 Å². The Morgan fingerprint density at radius 2 is 1.95 bits per heavy atom. The molecule has 0 fully saturated rings. The van der Waals surface area contributed by atoms with E-state index in [1.807, 2.05) is 0 Å². The summed E-state index contributed by atoms with van der Waals surface area (Å²) in [7, 11) is 0. The van der Waals surface area contributed by atoms with Crippen LogP contribution in [0.3, 0.4) is 0 Å². The Hall–Kier alpha value is -3.22. The molecule has 0 saturated carbocycles. The molecule has 1 unspecified atom stereocenters. The van der Waals surface area contributed by atoms with Gasteiger partial charge in [0.1, 0.15) is 12.6 Å². The Labute approximate surface area is 118 Å². The van der Waals surface area contributed by atoms with Crippen molar-refractivity contribution < 1.29 is 14.6 Å². The second-order valence-electron chi connectivity index (χ2n) is 3.96. The number of nitrogens with zero attached hydrogens (tertiary/aromatic N) is 3. The van der Waals surface area contributed by atoms with Gasteiger partial charge in [0.05, 0.1) is 15.9 Å². The fourth-order valence-electron chi connectivity index (χ4n) is 1.51. The molecule has 0 heterocycles. The van der Waals surface area contributed by atoms with Crippen LogP contribution >= 0.6 is 0 Å². The van der Waals surface area contributed by atoms with Gasteiger partial charge in [-0.15, -0.1) is 0 Å². The van der Waals surface area contributed by atoms with E-state index < -0.39 is 33.2 Å². The van der Waals surface area contributed by atoms with E-state index >= 15 is 0 Å². The van der Waals surface area contributed by atoms with Crippen molar-refractivity contribution in [1.29, 1.82) is 5.26 Å². The number of carbonyl (C=O) groups excluding carboxylic acids is 1. The third kappa shape index (κ3) is 4.13. The summed E-state index contributed by atoms with van der Waals surface area (Å²) in [5, 5.41) is 34.8. The maximum atomic E-state index is 11.5. The van der Waals surface area contributed by atoms with Gasteiger partial charge in [0.25, 0.3) is 0 Å². The quantitative estimate of drug-likeness (QED) is 0.449. The monoisotopic (exact) mass is 293 g/mol. The summed E-state index contributed by atoms with van der Waals surface area (Å²) >= 11 is 0. The predicted molar refractivity (Wildman–Crippen MR) is 71.5 cm³/mol. The van der Waals surface area contributed by atoms with E-state index in [9.17, 15) is 25.0 Å². The van der Waals surface area contributed by atoms with Crippen molar-refractivity contribution in [3.63, 3.8) is 0 Å². The summed E-state index contributed by atoms with van der Waals surface area (Å²) in [6, 6.07) is 4.20. The number of amides is 1. The molecule has 0 spiro atoms. The first-order valence-corrected chi connectivity index (χ1v) is 5.71. The lowest BCUT2D eigenvalue weighted by molar-refractivity contribution is -0.422. The van der Waals surface area contributed by atoms with Gasteiger partial charge in [-0.3, -0.25) is 25.0 Å². The van der Waals surface area contributed by atoms with Crippen LogP contribution in [-0.4, -0.2) is 28.3 Å². The van der Waals surface area contributed by atoms with Crippen LogP contribution in [0.5, 0.6) is 0 Å². The highest BCUT2D eigenvalue weighted by Gasteiger charge is 2.24. The highest BCUT2D eigenvalue weighted by atomic mass is 16.6. The smallest absolute Gasteiger partial charge is 0.348 e.